The van der Waals surface area contributed by atoms with Gasteiger partial charge in [0.2, 0.25) is 11.8 Å². The lowest BCUT2D eigenvalue weighted by atomic mass is 9.77. The highest BCUT2D eigenvalue weighted by Crippen LogP contribution is 2.47. The third-order valence-corrected chi connectivity index (χ3v) is 7.29. The third kappa shape index (κ3) is 4.37. The summed E-state index contributed by atoms with van der Waals surface area (Å²) in [6.07, 6.45) is -0.258. The van der Waals surface area contributed by atoms with Crippen molar-refractivity contribution in [1.29, 1.82) is 0 Å². The van der Waals surface area contributed by atoms with E-state index in [1.165, 1.54) is 24.0 Å². The molecule has 192 valence electrons. The molecule has 0 saturated carbocycles. The standard InChI is InChI=1S/C24H28N4O8/c1-12-17(11-26-9-8-15(10-26)21(30)25-3)20(27-19(12)18(13(2)29)22(27)31)24(33)36-23(32)14-4-6-16(7-5-14)28(34)35/h4-7,12-13,15,18-19,29H,8-11H2,1-3H3,(H,25,30)/t12-,13+,15-,18+,19+/m0/s1. The van der Waals surface area contributed by atoms with Crippen LogP contribution >= 0.6 is 0 Å². The van der Waals surface area contributed by atoms with E-state index in [1.807, 2.05) is 11.8 Å². The van der Waals surface area contributed by atoms with Gasteiger partial charge in [0.15, 0.2) is 0 Å². The molecule has 36 heavy (non-hydrogen) atoms. The summed E-state index contributed by atoms with van der Waals surface area (Å²) in [4.78, 5) is 64.3. The van der Waals surface area contributed by atoms with Crippen molar-refractivity contribution in [2.45, 2.75) is 32.4 Å². The molecule has 2 N–H and O–H groups in total. The number of carbonyl (C=O) groups excluding carboxylic acids is 4. The topological polar surface area (TPSA) is 159 Å². The first-order valence-electron chi connectivity index (χ1n) is 11.7. The van der Waals surface area contributed by atoms with Crippen LogP contribution in [0.3, 0.4) is 0 Å². The molecule has 2 amide bonds. The van der Waals surface area contributed by atoms with Gasteiger partial charge in [-0.15, -0.1) is 0 Å². The summed E-state index contributed by atoms with van der Waals surface area (Å²) in [6.45, 7) is 4.79. The molecule has 2 saturated heterocycles. The number of β-lactam (4-membered cyclic amide) rings is 1. The van der Waals surface area contributed by atoms with Crippen molar-refractivity contribution in [3.05, 3.63) is 51.2 Å². The number of benzene rings is 1. The smallest absolute Gasteiger partial charge is 0.362 e. The quantitative estimate of drug-likeness (QED) is 0.178. The number of nitro benzene ring substituents is 1. The third-order valence-electron chi connectivity index (χ3n) is 7.29. The minimum absolute atomic E-state index is 0.0203. The average Bonchev–Trinajstić information content (AvgIpc) is 3.40. The van der Waals surface area contributed by atoms with Crippen molar-refractivity contribution in [3.63, 3.8) is 0 Å². The van der Waals surface area contributed by atoms with Crippen molar-refractivity contribution in [2.24, 2.45) is 17.8 Å². The highest BCUT2D eigenvalue weighted by molar-refractivity contribution is 6.06. The van der Waals surface area contributed by atoms with Crippen LogP contribution in [0.5, 0.6) is 0 Å². The number of aliphatic hydroxyl groups excluding tert-OH is 1. The van der Waals surface area contributed by atoms with E-state index in [1.54, 1.807) is 7.05 Å². The molecular weight excluding hydrogens is 472 g/mol. The number of esters is 2. The van der Waals surface area contributed by atoms with Crippen LogP contribution in [0.1, 0.15) is 30.6 Å². The molecule has 3 heterocycles. The van der Waals surface area contributed by atoms with Gasteiger partial charge in [0.05, 0.1) is 34.5 Å². The van der Waals surface area contributed by atoms with Gasteiger partial charge in [-0.3, -0.25) is 24.6 Å². The maximum atomic E-state index is 13.2. The molecule has 0 bridgehead atoms. The summed E-state index contributed by atoms with van der Waals surface area (Å²) < 4.78 is 5.09. The van der Waals surface area contributed by atoms with Crippen LogP contribution in [0.4, 0.5) is 5.69 Å². The van der Waals surface area contributed by atoms with Gasteiger partial charge in [-0.05, 0) is 37.6 Å². The Labute approximate surface area is 207 Å². The second-order valence-corrected chi connectivity index (χ2v) is 9.44. The number of nitro groups is 1. The Bertz CT molecular complexity index is 1150. The molecule has 2 fully saturated rings. The molecule has 12 heteroatoms. The minimum Gasteiger partial charge on any atom is -0.393 e. The number of nitrogens with one attached hydrogen (secondary N) is 1. The van der Waals surface area contributed by atoms with Gasteiger partial charge in [-0.2, -0.15) is 0 Å². The zero-order valence-corrected chi connectivity index (χ0v) is 20.2. The molecule has 0 aliphatic carbocycles. The van der Waals surface area contributed by atoms with Crippen molar-refractivity contribution in [2.75, 3.05) is 26.7 Å². The van der Waals surface area contributed by atoms with E-state index in [4.69, 9.17) is 4.74 Å². The number of hydrogen-bond acceptors (Lipinski definition) is 9. The van der Waals surface area contributed by atoms with Gasteiger partial charge in [-0.1, -0.05) is 6.92 Å². The number of non-ortho nitro benzene ring substituents is 1. The van der Waals surface area contributed by atoms with Crippen LogP contribution in [0.15, 0.2) is 35.5 Å². The lowest BCUT2D eigenvalue weighted by molar-refractivity contribution is -0.384. The Balaban J connectivity index is 1.58. The molecule has 3 aliphatic rings. The zero-order valence-electron chi connectivity index (χ0n) is 20.2. The van der Waals surface area contributed by atoms with Gasteiger partial charge in [0.1, 0.15) is 5.70 Å². The number of nitrogens with zero attached hydrogens (tertiary/aromatic N) is 3. The predicted octanol–water partition coefficient (Wildman–Crippen LogP) is 0.458. The Hall–Kier alpha value is -3.64. The number of carbonyl (C=O) groups is 4. The Morgan fingerprint density at radius 2 is 1.92 bits per heavy atom. The van der Waals surface area contributed by atoms with Gasteiger partial charge < -0.3 is 20.1 Å². The first kappa shape index (κ1) is 25.5. The second kappa shape index (κ2) is 9.78. The van der Waals surface area contributed by atoms with E-state index < -0.39 is 40.8 Å². The average molecular weight is 501 g/mol. The lowest BCUT2D eigenvalue weighted by Gasteiger charge is -2.46. The monoisotopic (exact) mass is 500 g/mol. The Kier molecular flexibility index (Phi) is 6.92. The maximum absolute atomic E-state index is 13.2. The molecule has 1 aromatic rings. The van der Waals surface area contributed by atoms with Crippen LogP contribution in [0.2, 0.25) is 0 Å². The highest BCUT2D eigenvalue weighted by atomic mass is 16.6. The number of rotatable bonds is 7. The van der Waals surface area contributed by atoms with E-state index in [2.05, 4.69) is 5.32 Å². The fourth-order valence-electron chi connectivity index (χ4n) is 5.39. The minimum atomic E-state index is -1.00. The van der Waals surface area contributed by atoms with E-state index in [-0.39, 0.29) is 34.7 Å². The highest BCUT2D eigenvalue weighted by Gasteiger charge is 2.60. The molecule has 5 atom stereocenters. The van der Waals surface area contributed by atoms with Crippen LogP contribution in [-0.4, -0.2) is 82.4 Å². The van der Waals surface area contributed by atoms with Crippen LogP contribution in [-0.2, 0) is 19.1 Å². The number of hydrogen-bond donors (Lipinski definition) is 2. The normalized spacial score (nSPS) is 26.3. The molecule has 0 radical (unpaired) electrons. The van der Waals surface area contributed by atoms with Gasteiger partial charge in [0.25, 0.3) is 5.69 Å². The van der Waals surface area contributed by atoms with Crippen molar-refractivity contribution in [3.8, 4) is 0 Å². The second-order valence-electron chi connectivity index (χ2n) is 9.44. The zero-order chi connectivity index (χ0) is 26.3. The van der Waals surface area contributed by atoms with Crippen LogP contribution in [0, 0.1) is 27.9 Å². The fourth-order valence-corrected chi connectivity index (χ4v) is 5.39. The molecule has 4 rings (SSSR count). The molecule has 0 unspecified atom stereocenters. The molecule has 1 aromatic carbocycles. The van der Waals surface area contributed by atoms with E-state index in [0.717, 1.165) is 12.1 Å². The van der Waals surface area contributed by atoms with Gasteiger partial charge >= 0.3 is 11.9 Å². The summed E-state index contributed by atoms with van der Waals surface area (Å²) in [6, 6.07) is 4.18. The van der Waals surface area contributed by atoms with Gasteiger partial charge in [-0.25, -0.2) is 9.59 Å². The first-order valence-corrected chi connectivity index (χ1v) is 11.7. The van der Waals surface area contributed by atoms with Crippen molar-refractivity contribution in [1.82, 2.24) is 15.1 Å². The molecule has 0 aromatic heterocycles. The van der Waals surface area contributed by atoms with Gasteiger partial charge in [0, 0.05) is 38.2 Å². The van der Waals surface area contributed by atoms with Crippen LogP contribution < -0.4 is 5.32 Å². The molecular formula is C24H28N4O8. The summed E-state index contributed by atoms with van der Waals surface area (Å²) in [5.74, 6) is -3.62. The summed E-state index contributed by atoms with van der Waals surface area (Å²) in [5.41, 5.74) is 0.318. The maximum Gasteiger partial charge on any atom is 0.362 e. The number of ether oxygens (including phenoxy) is 1. The first-order chi connectivity index (χ1) is 17.0. The van der Waals surface area contributed by atoms with E-state index >= 15 is 0 Å². The summed E-state index contributed by atoms with van der Waals surface area (Å²) in [7, 11) is 1.58. The van der Waals surface area contributed by atoms with E-state index in [0.29, 0.717) is 31.6 Å². The van der Waals surface area contributed by atoms with Crippen molar-refractivity contribution >= 4 is 29.4 Å². The largest absolute Gasteiger partial charge is 0.393 e. The number of amides is 2. The predicted molar refractivity (Wildman–Crippen MR) is 124 cm³/mol. The van der Waals surface area contributed by atoms with Crippen molar-refractivity contribution < 1.29 is 33.9 Å². The molecule has 3 aliphatic heterocycles. The summed E-state index contributed by atoms with van der Waals surface area (Å²) in [5, 5.41) is 23.6. The lowest BCUT2D eigenvalue weighted by Crippen LogP contribution is -2.63. The number of likely N-dealkylation sites (tertiary alicyclic amines) is 1. The number of fused-ring (bicyclic) bond motifs is 1. The van der Waals surface area contributed by atoms with E-state index in [9.17, 15) is 34.4 Å². The molecule has 12 nitrogen and oxygen atoms in total. The Morgan fingerprint density at radius 3 is 2.50 bits per heavy atom. The Morgan fingerprint density at radius 1 is 1.25 bits per heavy atom. The number of aliphatic hydroxyl groups is 1. The van der Waals surface area contributed by atoms with Crippen LogP contribution in [0.25, 0.3) is 0 Å². The molecule has 0 spiro atoms. The SMILES string of the molecule is CNC(=O)[C@H]1CCN(CC2=C(C(=O)OC(=O)c3ccc([N+](=O)[O-])cc3)N3C(=O)[C@H]([C@@H](C)O)[C@H]3[C@H]2C)C1. The fraction of sp³-hybridized carbons (Fsp3) is 0.500. The summed E-state index contributed by atoms with van der Waals surface area (Å²) >= 11 is 0.